The summed E-state index contributed by atoms with van der Waals surface area (Å²) < 4.78 is 18.4. The summed E-state index contributed by atoms with van der Waals surface area (Å²) in [7, 11) is 1.48. The van der Waals surface area contributed by atoms with Gasteiger partial charge in [-0.05, 0) is 17.7 Å². The fourth-order valence-corrected chi connectivity index (χ4v) is 2.32. The molecule has 0 amide bonds. The van der Waals surface area contributed by atoms with Crippen LogP contribution in [0.1, 0.15) is 11.6 Å². The van der Waals surface area contributed by atoms with Gasteiger partial charge in [-0.15, -0.1) is 31.4 Å². The Morgan fingerprint density at radius 2 is 2.00 bits per heavy atom. The van der Waals surface area contributed by atoms with E-state index >= 15 is 0 Å². The van der Waals surface area contributed by atoms with E-state index in [9.17, 15) is 4.39 Å². The normalized spacial score (nSPS) is 16.5. The van der Waals surface area contributed by atoms with Crippen LogP contribution < -0.4 is 10.1 Å². The Balaban J connectivity index is 0.00000180. The van der Waals surface area contributed by atoms with E-state index in [1.54, 1.807) is 12.1 Å². The highest BCUT2D eigenvalue weighted by molar-refractivity contribution is 5.85. The van der Waals surface area contributed by atoms with Crippen molar-refractivity contribution in [1.82, 2.24) is 10.2 Å². The molecule has 3 nitrogen and oxygen atoms in total. The van der Waals surface area contributed by atoms with Gasteiger partial charge < -0.3 is 10.1 Å². The number of methoxy groups -OCH3 is 1. The quantitative estimate of drug-likeness (QED) is 0.863. The maximum atomic E-state index is 13.4. The molecule has 114 valence electrons. The fourth-order valence-electron chi connectivity index (χ4n) is 2.32. The molecular weight excluding hydrogens is 302 g/mol. The van der Waals surface area contributed by atoms with E-state index in [2.05, 4.69) is 16.8 Å². The number of halogens is 3. The molecule has 0 radical (unpaired) electrons. The van der Waals surface area contributed by atoms with Crippen LogP contribution in [0.5, 0.6) is 5.75 Å². The fraction of sp³-hybridized carbons (Fsp3) is 0.429. The van der Waals surface area contributed by atoms with E-state index in [-0.39, 0.29) is 42.4 Å². The Labute approximate surface area is 132 Å². The third-order valence-corrected chi connectivity index (χ3v) is 3.28. The molecule has 0 saturated carbocycles. The smallest absolute Gasteiger partial charge is 0.165 e. The van der Waals surface area contributed by atoms with Gasteiger partial charge in [0.15, 0.2) is 11.6 Å². The first-order chi connectivity index (χ1) is 8.76. The van der Waals surface area contributed by atoms with Crippen molar-refractivity contribution >= 4 is 24.8 Å². The van der Waals surface area contributed by atoms with Crippen molar-refractivity contribution in [3.05, 3.63) is 42.2 Å². The van der Waals surface area contributed by atoms with Crippen molar-refractivity contribution in [3.8, 4) is 5.75 Å². The van der Waals surface area contributed by atoms with Crippen LogP contribution in [0, 0.1) is 5.82 Å². The van der Waals surface area contributed by atoms with Gasteiger partial charge in [0.05, 0.1) is 13.2 Å². The molecule has 0 aromatic heterocycles. The first-order valence-corrected chi connectivity index (χ1v) is 6.17. The number of hydrogen-bond acceptors (Lipinski definition) is 3. The van der Waals surface area contributed by atoms with Crippen LogP contribution in [0.2, 0.25) is 0 Å². The SMILES string of the molecule is C=C[C@@H](c1ccc(F)c(OC)c1)N1CCNCC1.Cl.Cl. The third kappa shape index (κ3) is 4.35. The number of nitrogens with one attached hydrogen (secondary N) is 1. The molecule has 1 aliphatic heterocycles. The van der Waals surface area contributed by atoms with Crippen molar-refractivity contribution in [2.75, 3.05) is 33.3 Å². The van der Waals surface area contributed by atoms with E-state index in [1.165, 1.54) is 13.2 Å². The molecule has 1 fully saturated rings. The highest BCUT2D eigenvalue weighted by Crippen LogP contribution is 2.27. The topological polar surface area (TPSA) is 24.5 Å². The van der Waals surface area contributed by atoms with Gasteiger partial charge in [0, 0.05) is 26.2 Å². The van der Waals surface area contributed by atoms with Gasteiger partial charge in [0.1, 0.15) is 0 Å². The minimum atomic E-state index is -0.329. The predicted octanol–water partition coefficient (Wildman–Crippen LogP) is 2.81. The molecule has 1 heterocycles. The maximum Gasteiger partial charge on any atom is 0.165 e. The van der Waals surface area contributed by atoms with Gasteiger partial charge in [0.25, 0.3) is 0 Å². The number of hydrogen-bond donors (Lipinski definition) is 1. The summed E-state index contributed by atoms with van der Waals surface area (Å²) in [6.07, 6.45) is 1.90. The molecule has 1 aromatic rings. The summed E-state index contributed by atoms with van der Waals surface area (Å²) in [5.74, 6) is -0.0427. The van der Waals surface area contributed by atoms with Gasteiger partial charge in [-0.2, -0.15) is 0 Å². The lowest BCUT2D eigenvalue weighted by Gasteiger charge is -2.33. The van der Waals surface area contributed by atoms with Gasteiger partial charge in [-0.1, -0.05) is 12.1 Å². The lowest BCUT2D eigenvalue weighted by molar-refractivity contribution is 0.203. The largest absolute Gasteiger partial charge is 0.494 e. The summed E-state index contributed by atoms with van der Waals surface area (Å²) in [5, 5.41) is 3.32. The minimum Gasteiger partial charge on any atom is -0.494 e. The molecule has 1 atom stereocenters. The van der Waals surface area contributed by atoms with E-state index in [0.29, 0.717) is 0 Å². The molecule has 2 rings (SSSR count). The molecule has 6 heteroatoms. The van der Waals surface area contributed by atoms with Crippen molar-refractivity contribution in [1.29, 1.82) is 0 Å². The zero-order chi connectivity index (χ0) is 13.0. The van der Waals surface area contributed by atoms with E-state index < -0.39 is 0 Å². The van der Waals surface area contributed by atoms with Crippen LogP contribution in [0.4, 0.5) is 4.39 Å². The number of benzene rings is 1. The number of rotatable bonds is 4. The standard InChI is InChI=1S/C14H19FN2O.2ClH/c1-3-13(17-8-6-16-7-9-17)11-4-5-12(15)14(10-11)18-2;;/h3-5,10,13,16H,1,6-9H2,2H3;2*1H/t13-;;/m0../s1. The molecule has 1 aromatic carbocycles. The Bertz CT molecular complexity index is 426. The molecular formula is C14H21Cl2FN2O. The summed E-state index contributed by atoms with van der Waals surface area (Å²) in [4.78, 5) is 2.33. The maximum absolute atomic E-state index is 13.4. The average Bonchev–Trinajstić information content (AvgIpc) is 2.42. The molecule has 1 N–H and O–H groups in total. The second-order valence-corrected chi connectivity index (χ2v) is 4.36. The van der Waals surface area contributed by atoms with Crippen molar-refractivity contribution in [2.24, 2.45) is 0 Å². The van der Waals surface area contributed by atoms with Gasteiger partial charge in [-0.25, -0.2) is 4.39 Å². The molecule has 1 saturated heterocycles. The molecule has 0 spiro atoms. The Morgan fingerprint density at radius 1 is 1.35 bits per heavy atom. The molecule has 0 bridgehead atoms. The Morgan fingerprint density at radius 3 is 2.55 bits per heavy atom. The summed E-state index contributed by atoms with van der Waals surface area (Å²) in [6, 6.07) is 5.12. The molecule has 0 aliphatic carbocycles. The van der Waals surface area contributed by atoms with Crippen LogP contribution in [0.25, 0.3) is 0 Å². The lowest BCUT2D eigenvalue weighted by atomic mass is 10.0. The van der Waals surface area contributed by atoms with Gasteiger partial charge >= 0.3 is 0 Å². The van der Waals surface area contributed by atoms with Crippen LogP contribution in [0.15, 0.2) is 30.9 Å². The second kappa shape index (κ2) is 9.19. The van der Waals surface area contributed by atoms with Crippen molar-refractivity contribution in [3.63, 3.8) is 0 Å². The summed E-state index contributed by atoms with van der Waals surface area (Å²) in [5.41, 5.74) is 1.02. The number of nitrogens with zero attached hydrogens (tertiary/aromatic N) is 1. The van der Waals surface area contributed by atoms with Crippen LogP contribution in [-0.4, -0.2) is 38.2 Å². The Kier molecular flexibility index (Phi) is 8.81. The molecule has 0 unspecified atom stereocenters. The van der Waals surface area contributed by atoms with Crippen molar-refractivity contribution in [2.45, 2.75) is 6.04 Å². The zero-order valence-electron chi connectivity index (χ0n) is 11.5. The van der Waals surface area contributed by atoms with E-state index in [4.69, 9.17) is 4.74 Å². The van der Waals surface area contributed by atoms with Crippen LogP contribution in [0.3, 0.4) is 0 Å². The van der Waals surface area contributed by atoms with Crippen molar-refractivity contribution < 1.29 is 9.13 Å². The Hall–Kier alpha value is -0.810. The van der Waals surface area contributed by atoms with Crippen LogP contribution >= 0.6 is 24.8 Å². The van der Waals surface area contributed by atoms with E-state index in [0.717, 1.165) is 31.7 Å². The van der Waals surface area contributed by atoms with Gasteiger partial charge in [-0.3, -0.25) is 4.90 Å². The second-order valence-electron chi connectivity index (χ2n) is 4.36. The van der Waals surface area contributed by atoms with Gasteiger partial charge in [0.2, 0.25) is 0 Å². The molecule has 1 aliphatic rings. The predicted molar refractivity (Wildman–Crippen MR) is 84.8 cm³/mol. The highest BCUT2D eigenvalue weighted by atomic mass is 35.5. The minimum absolute atomic E-state index is 0. The number of ether oxygens (including phenoxy) is 1. The van der Waals surface area contributed by atoms with Crippen LogP contribution in [-0.2, 0) is 0 Å². The molecule has 20 heavy (non-hydrogen) atoms. The zero-order valence-corrected chi connectivity index (χ0v) is 13.1. The van der Waals surface area contributed by atoms with E-state index in [1.807, 2.05) is 6.08 Å². The highest BCUT2D eigenvalue weighted by Gasteiger charge is 2.20. The number of piperazine rings is 1. The summed E-state index contributed by atoms with van der Waals surface area (Å²) in [6.45, 7) is 7.78. The lowest BCUT2D eigenvalue weighted by Crippen LogP contribution is -2.44. The first-order valence-electron chi connectivity index (χ1n) is 6.17. The monoisotopic (exact) mass is 322 g/mol. The first kappa shape index (κ1) is 19.2. The summed E-state index contributed by atoms with van der Waals surface area (Å²) >= 11 is 0. The average molecular weight is 323 g/mol. The third-order valence-electron chi connectivity index (χ3n) is 3.28.